The van der Waals surface area contributed by atoms with Crippen LogP contribution < -0.4 is 10.1 Å². The van der Waals surface area contributed by atoms with Crippen molar-refractivity contribution in [3.63, 3.8) is 0 Å². The molecule has 4 heteroatoms. The smallest absolute Gasteiger partial charge is 0.128 e. The molecule has 0 spiro atoms. The lowest BCUT2D eigenvalue weighted by atomic mass is 9.92. The normalized spacial score (nSPS) is 21.3. The molecule has 1 aromatic rings. The van der Waals surface area contributed by atoms with Crippen molar-refractivity contribution in [3.8, 4) is 5.75 Å². The van der Waals surface area contributed by atoms with Crippen LogP contribution in [-0.2, 0) is 0 Å². The Bertz CT molecular complexity index is 385. The van der Waals surface area contributed by atoms with E-state index in [0.29, 0.717) is 22.6 Å². The molecule has 100 valence electrons. The van der Waals surface area contributed by atoms with Crippen LogP contribution in [-0.4, -0.2) is 19.2 Å². The molecule has 2 unspecified atom stereocenters. The van der Waals surface area contributed by atoms with Crippen molar-refractivity contribution in [2.45, 2.75) is 26.4 Å². The van der Waals surface area contributed by atoms with Crippen molar-refractivity contribution < 1.29 is 9.13 Å². The first-order valence-electron chi connectivity index (χ1n) is 6.39. The van der Waals surface area contributed by atoms with E-state index in [9.17, 15) is 4.39 Å². The maximum Gasteiger partial charge on any atom is 0.128 e. The first kappa shape index (κ1) is 13.6. The summed E-state index contributed by atoms with van der Waals surface area (Å²) in [5.41, 5.74) is 0. The summed E-state index contributed by atoms with van der Waals surface area (Å²) in [5.74, 6) is 1.03. The number of hydrogen-bond donors (Lipinski definition) is 1. The average molecular weight is 272 g/mol. The van der Waals surface area contributed by atoms with Gasteiger partial charge < -0.3 is 10.1 Å². The van der Waals surface area contributed by atoms with Gasteiger partial charge >= 0.3 is 0 Å². The predicted octanol–water partition coefficient (Wildman–Crippen LogP) is 3.49. The van der Waals surface area contributed by atoms with E-state index < -0.39 is 0 Å². The summed E-state index contributed by atoms with van der Waals surface area (Å²) in [7, 11) is 0. The fourth-order valence-electron chi connectivity index (χ4n) is 2.49. The van der Waals surface area contributed by atoms with Gasteiger partial charge in [-0.1, -0.05) is 25.4 Å². The third-order valence-electron chi connectivity index (χ3n) is 3.33. The maximum absolute atomic E-state index is 13.3. The fourth-order valence-corrected chi connectivity index (χ4v) is 2.70. The van der Waals surface area contributed by atoms with Crippen molar-refractivity contribution in [2.75, 3.05) is 13.1 Å². The first-order chi connectivity index (χ1) is 8.56. The highest BCUT2D eigenvalue weighted by Crippen LogP contribution is 2.27. The summed E-state index contributed by atoms with van der Waals surface area (Å²) in [6.07, 6.45) is 1.20. The SMILES string of the molecule is CC(C)C(Oc1cc(F)cc(Cl)c1)C1CCNC1. The molecule has 1 N–H and O–H groups in total. The molecule has 0 aliphatic carbocycles. The van der Waals surface area contributed by atoms with Crippen molar-refractivity contribution in [2.24, 2.45) is 11.8 Å². The van der Waals surface area contributed by atoms with Crippen LogP contribution in [0.1, 0.15) is 20.3 Å². The summed E-state index contributed by atoms with van der Waals surface area (Å²) in [6.45, 7) is 6.25. The van der Waals surface area contributed by atoms with Gasteiger partial charge in [-0.15, -0.1) is 0 Å². The minimum atomic E-state index is -0.357. The molecule has 1 aromatic carbocycles. The number of benzene rings is 1. The van der Waals surface area contributed by atoms with E-state index in [0.717, 1.165) is 19.5 Å². The minimum Gasteiger partial charge on any atom is -0.490 e. The van der Waals surface area contributed by atoms with E-state index >= 15 is 0 Å². The number of halogens is 2. The topological polar surface area (TPSA) is 21.3 Å². The molecule has 2 nitrogen and oxygen atoms in total. The minimum absolute atomic E-state index is 0.0952. The third-order valence-corrected chi connectivity index (χ3v) is 3.55. The zero-order valence-electron chi connectivity index (χ0n) is 10.7. The fraction of sp³-hybridized carbons (Fsp3) is 0.571. The van der Waals surface area contributed by atoms with Crippen LogP contribution in [0.5, 0.6) is 5.75 Å². The van der Waals surface area contributed by atoms with Crippen LogP contribution in [0.3, 0.4) is 0 Å². The zero-order chi connectivity index (χ0) is 13.1. The molecule has 1 fully saturated rings. The van der Waals surface area contributed by atoms with Crippen molar-refractivity contribution in [3.05, 3.63) is 29.0 Å². The summed E-state index contributed by atoms with van der Waals surface area (Å²) in [4.78, 5) is 0. The number of rotatable bonds is 4. The Labute approximate surface area is 112 Å². The molecule has 1 aliphatic rings. The van der Waals surface area contributed by atoms with Gasteiger partial charge in [0.05, 0.1) is 0 Å². The molecule has 1 heterocycles. The number of ether oxygens (including phenoxy) is 1. The van der Waals surface area contributed by atoms with Crippen LogP contribution in [0, 0.1) is 17.7 Å². The number of hydrogen-bond acceptors (Lipinski definition) is 2. The zero-order valence-corrected chi connectivity index (χ0v) is 11.5. The molecular formula is C14H19ClFNO. The molecule has 2 rings (SSSR count). The van der Waals surface area contributed by atoms with E-state index in [1.165, 1.54) is 12.1 Å². The second-order valence-electron chi connectivity index (χ2n) is 5.18. The van der Waals surface area contributed by atoms with E-state index in [2.05, 4.69) is 19.2 Å². The van der Waals surface area contributed by atoms with Crippen LogP contribution >= 0.6 is 11.6 Å². The lowest BCUT2D eigenvalue weighted by Gasteiger charge is -2.27. The summed E-state index contributed by atoms with van der Waals surface area (Å²) < 4.78 is 19.2. The Kier molecular flexibility index (Phi) is 4.46. The highest BCUT2D eigenvalue weighted by molar-refractivity contribution is 6.30. The first-order valence-corrected chi connectivity index (χ1v) is 6.77. The second-order valence-corrected chi connectivity index (χ2v) is 5.62. The Morgan fingerprint density at radius 2 is 2.17 bits per heavy atom. The molecule has 0 aromatic heterocycles. The van der Waals surface area contributed by atoms with Gasteiger partial charge in [0.25, 0.3) is 0 Å². The molecule has 2 atom stereocenters. The second kappa shape index (κ2) is 5.89. The molecule has 0 radical (unpaired) electrons. The van der Waals surface area contributed by atoms with Crippen LogP contribution in [0.2, 0.25) is 5.02 Å². The van der Waals surface area contributed by atoms with Gasteiger partial charge in [0, 0.05) is 23.6 Å². The lowest BCUT2D eigenvalue weighted by Crippen LogP contribution is -2.33. The van der Waals surface area contributed by atoms with E-state index in [4.69, 9.17) is 16.3 Å². The standard InChI is InChI=1S/C14H19ClFNO/c1-9(2)14(10-3-4-17-8-10)18-13-6-11(15)5-12(16)7-13/h5-7,9-10,14,17H,3-4,8H2,1-2H3. The van der Waals surface area contributed by atoms with Gasteiger partial charge in [-0.2, -0.15) is 0 Å². The van der Waals surface area contributed by atoms with Gasteiger partial charge in [0.1, 0.15) is 17.7 Å². The quantitative estimate of drug-likeness (QED) is 0.905. The van der Waals surface area contributed by atoms with Crippen molar-refractivity contribution >= 4 is 11.6 Å². The Morgan fingerprint density at radius 1 is 1.39 bits per heavy atom. The molecule has 0 bridgehead atoms. The molecule has 1 saturated heterocycles. The maximum atomic E-state index is 13.3. The molecule has 0 saturated carbocycles. The highest BCUT2D eigenvalue weighted by atomic mass is 35.5. The molecule has 18 heavy (non-hydrogen) atoms. The molecular weight excluding hydrogens is 253 g/mol. The van der Waals surface area contributed by atoms with Crippen LogP contribution in [0.25, 0.3) is 0 Å². The Morgan fingerprint density at radius 3 is 2.72 bits per heavy atom. The largest absolute Gasteiger partial charge is 0.490 e. The van der Waals surface area contributed by atoms with Gasteiger partial charge in [-0.05, 0) is 31.0 Å². The number of nitrogens with one attached hydrogen (secondary N) is 1. The van der Waals surface area contributed by atoms with Crippen molar-refractivity contribution in [1.29, 1.82) is 0 Å². The lowest BCUT2D eigenvalue weighted by molar-refractivity contribution is 0.0970. The van der Waals surface area contributed by atoms with Crippen LogP contribution in [0.4, 0.5) is 4.39 Å². The predicted molar refractivity (Wildman–Crippen MR) is 71.6 cm³/mol. The molecule has 0 amide bonds. The Balaban J connectivity index is 2.12. The van der Waals surface area contributed by atoms with E-state index in [1.807, 2.05) is 0 Å². The summed E-state index contributed by atoms with van der Waals surface area (Å²) in [5, 5.41) is 3.71. The van der Waals surface area contributed by atoms with Gasteiger partial charge in [0.2, 0.25) is 0 Å². The Hall–Kier alpha value is -0.800. The van der Waals surface area contributed by atoms with Gasteiger partial charge in [0.15, 0.2) is 0 Å². The van der Waals surface area contributed by atoms with Gasteiger partial charge in [-0.25, -0.2) is 4.39 Å². The van der Waals surface area contributed by atoms with Crippen molar-refractivity contribution in [1.82, 2.24) is 5.32 Å². The van der Waals surface area contributed by atoms with Gasteiger partial charge in [-0.3, -0.25) is 0 Å². The van der Waals surface area contributed by atoms with E-state index in [-0.39, 0.29) is 11.9 Å². The highest BCUT2D eigenvalue weighted by Gasteiger charge is 2.29. The van der Waals surface area contributed by atoms with E-state index in [1.54, 1.807) is 6.07 Å². The summed E-state index contributed by atoms with van der Waals surface area (Å²) in [6, 6.07) is 4.35. The summed E-state index contributed by atoms with van der Waals surface area (Å²) >= 11 is 5.84. The van der Waals surface area contributed by atoms with Crippen LogP contribution in [0.15, 0.2) is 18.2 Å². The average Bonchev–Trinajstić information content (AvgIpc) is 2.77. The third kappa shape index (κ3) is 3.36. The molecule has 1 aliphatic heterocycles. The monoisotopic (exact) mass is 271 g/mol.